The van der Waals surface area contributed by atoms with E-state index in [1.165, 1.54) is 35.5 Å². The molecule has 188 valence electrons. The van der Waals surface area contributed by atoms with Crippen molar-refractivity contribution in [1.82, 2.24) is 34.7 Å². The third-order valence-electron chi connectivity index (χ3n) is 5.72. The van der Waals surface area contributed by atoms with Gasteiger partial charge >= 0.3 is 0 Å². The number of aliphatic hydroxyl groups is 1. The lowest BCUT2D eigenvalue weighted by Crippen LogP contribution is -2.44. The van der Waals surface area contributed by atoms with Crippen LogP contribution in [0.5, 0.6) is 0 Å². The molecule has 0 spiro atoms. The van der Waals surface area contributed by atoms with Crippen molar-refractivity contribution in [1.29, 1.82) is 0 Å². The Morgan fingerprint density at radius 3 is 2.58 bits per heavy atom. The normalized spacial score (nSPS) is 13.1. The maximum absolute atomic E-state index is 14.7. The fourth-order valence-corrected chi connectivity index (χ4v) is 3.95. The Bertz CT molecular complexity index is 1310. The van der Waals surface area contributed by atoms with Crippen molar-refractivity contribution in [2.24, 2.45) is 0 Å². The van der Waals surface area contributed by atoms with E-state index < -0.39 is 22.2 Å². The third-order valence-corrected chi connectivity index (χ3v) is 5.72. The molecule has 2 heterocycles. The first kappa shape index (κ1) is 25.0. The van der Waals surface area contributed by atoms with Crippen LogP contribution in [0.25, 0.3) is 0 Å². The molecule has 0 bridgehead atoms. The molecule has 4 aromatic rings. The maximum atomic E-state index is 14.7. The summed E-state index contributed by atoms with van der Waals surface area (Å²) in [5.74, 6) is -1.60. The van der Waals surface area contributed by atoms with Crippen molar-refractivity contribution in [3.63, 3.8) is 0 Å². The molecule has 0 aliphatic carbocycles. The number of nitro benzene ring substituents is 1. The molecular formula is C23H24F2N8O3. The van der Waals surface area contributed by atoms with Gasteiger partial charge in [0, 0.05) is 36.9 Å². The average molecular weight is 498 g/mol. The maximum Gasteiger partial charge on any atom is 0.269 e. The molecule has 0 saturated carbocycles. The highest BCUT2D eigenvalue weighted by Crippen LogP contribution is 2.28. The van der Waals surface area contributed by atoms with E-state index >= 15 is 0 Å². The summed E-state index contributed by atoms with van der Waals surface area (Å²) in [5, 5.41) is 34.7. The average Bonchev–Trinajstić information content (AvgIpc) is 3.50. The topological polar surface area (TPSA) is 128 Å². The standard InChI is InChI=1S/C23H24F2N8O3/c1-2-30(11-19-12-31(29-28-19)10-17-3-6-20(7-4-17)33(35)36)13-23(34,14-32-16-26-15-27-32)21-8-5-18(24)9-22(21)25/h3-9,12,15-16,34H,2,10-11,13-14H2,1H3. The van der Waals surface area contributed by atoms with Crippen molar-refractivity contribution in [3.05, 3.63) is 99.9 Å². The van der Waals surface area contributed by atoms with Gasteiger partial charge in [-0.2, -0.15) is 5.10 Å². The minimum atomic E-state index is -1.74. The Kier molecular flexibility index (Phi) is 7.41. The van der Waals surface area contributed by atoms with Crippen LogP contribution in [0.15, 0.2) is 61.3 Å². The second-order valence-electron chi connectivity index (χ2n) is 8.38. The molecule has 2 aromatic carbocycles. The molecule has 11 nitrogen and oxygen atoms in total. The molecule has 2 aromatic heterocycles. The van der Waals surface area contributed by atoms with Crippen LogP contribution < -0.4 is 0 Å². The largest absolute Gasteiger partial charge is 0.382 e. The highest BCUT2D eigenvalue weighted by Gasteiger charge is 2.35. The summed E-state index contributed by atoms with van der Waals surface area (Å²) < 4.78 is 31.2. The zero-order valence-electron chi connectivity index (χ0n) is 19.4. The van der Waals surface area contributed by atoms with Crippen molar-refractivity contribution < 1.29 is 18.8 Å². The smallest absolute Gasteiger partial charge is 0.269 e. The van der Waals surface area contributed by atoms with Crippen LogP contribution in [0, 0.1) is 21.7 Å². The molecular weight excluding hydrogens is 474 g/mol. The molecule has 4 rings (SSSR count). The van der Waals surface area contributed by atoms with Crippen LogP contribution >= 0.6 is 0 Å². The number of benzene rings is 2. The minimum absolute atomic E-state index is 0.00112. The third kappa shape index (κ3) is 5.93. The van der Waals surface area contributed by atoms with Crippen LogP contribution in [-0.4, -0.2) is 57.8 Å². The lowest BCUT2D eigenvalue weighted by molar-refractivity contribution is -0.384. The van der Waals surface area contributed by atoms with E-state index in [-0.39, 0.29) is 24.3 Å². The summed E-state index contributed by atoms with van der Waals surface area (Å²) in [4.78, 5) is 16.1. The first-order chi connectivity index (χ1) is 17.3. The van der Waals surface area contributed by atoms with Crippen LogP contribution in [0.2, 0.25) is 0 Å². The highest BCUT2D eigenvalue weighted by molar-refractivity contribution is 5.33. The van der Waals surface area contributed by atoms with E-state index in [1.54, 1.807) is 23.0 Å². The molecule has 0 fully saturated rings. The highest BCUT2D eigenvalue weighted by atomic mass is 19.1. The number of rotatable bonds is 11. The number of nitrogens with zero attached hydrogens (tertiary/aromatic N) is 8. The fraction of sp³-hybridized carbons (Fsp3) is 0.304. The molecule has 1 atom stereocenters. The SMILES string of the molecule is CCN(Cc1cn(Cc2ccc([N+](=O)[O-])cc2)nn1)CC(O)(Cn1cncn1)c1ccc(F)cc1F. The zero-order chi connectivity index (χ0) is 25.7. The van der Waals surface area contributed by atoms with Gasteiger partial charge in [0.2, 0.25) is 0 Å². The van der Waals surface area contributed by atoms with Gasteiger partial charge in [-0.05, 0) is 18.2 Å². The number of hydrogen-bond acceptors (Lipinski definition) is 8. The quantitative estimate of drug-likeness (QED) is 0.247. The lowest BCUT2D eigenvalue weighted by Gasteiger charge is -2.34. The zero-order valence-corrected chi connectivity index (χ0v) is 19.4. The summed E-state index contributed by atoms with van der Waals surface area (Å²) in [6.45, 7) is 2.96. The molecule has 0 amide bonds. The number of nitro groups is 1. The van der Waals surface area contributed by atoms with Gasteiger partial charge in [0.15, 0.2) is 0 Å². The van der Waals surface area contributed by atoms with Crippen LogP contribution in [0.4, 0.5) is 14.5 Å². The lowest BCUT2D eigenvalue weighted by atomic mass is 9.92. The Labute approximate surface area is 204 Å². The first-order valence-corrected chi connectivity index (χ1v) is 11.1. The van der Waals surface area contributed by atoms with Crippen LogP contribution in [0.1, 0.15) is 23.7 Å². The molecule has 1 N–H and O–H groups in total. The second kappa shape index (κ2) is 10.7. The molecule has 0 aliphatic heterocycles. The predicted octanol–water partition coefficient (Wildman–Crippen LogP) is 2.51. The molecule has 0 aliphatic rings. The molecule has 0 radical (unpaired) electrons. The van der Waals surface area contributed by atoms with E-state index in [9.17, 15) is 24.0 Å². The molecule has 1 unspecified atom stereocenters. The van der Waals surface area contributed by atoms with Crippen molar-refractivity contribution in [2.45, 2.75) is 32.2 Å². The number of hydrogen-bond donors (Lipinski definition) is 1. The van der Waals surface area contributed by atoms with Crippen LogP contribution in [-0.2, 0) is 25.2 Å². The van der Waals surface area contributed by atoms with Gasteiger partial charge in [-0.25, -0.2) is 23.1 Å². The van der Waals surface area contributed by atoms with Gasteiger partial charge in [0.25, 0.3) is 5.69 Å². The number of non-ortho nitro benzene ring substituents is 1. The van der Waals surface area contributed by atoms with Gasteiger partial charge in [0.1, 0.15) is 29.9 Å². The second-order valence-corrected chi connectivity index (χ2v) is 8.38. The van der Waals surface area contributed by atoms with E-state index in [4.69, 9.17) is 0 Å². The Balaban J connectivity index is 1.50. The number of aromatic nitrogens is 6. The minimum Gasteiger partial charge on any atom is -0.382 e. The van der Waals surface area contributed by atoms with Gasteiger partial charge in [-0.3, -0.25) is 15.0 Å². The molecule has 36 heavy (non-hydrogen) atoms. The number of halogens is 2. The molecule has 13 heteroatoms. The van der Waals surface area contributed by atoms with Crippen molar-refractivity contribution in [2.75, 3.05) is 13.1 Å². The van der Waals surface area contributed by atoms with E-state index in [2.05, 4.69) is 20.4 Å². The summed E-state index contributed by atoms with van der Waals surface area (Å²) in [7, 11) is 0. The summed E-state index contributed by atoms with van der Waals surface area (Å²) in [6, 6.07) is 9.23. The van der Waals surface area contributed by atoms with E-state index in [1.807, 2.05) is 11.8 Å². The fourth-order valence-electron chi connectivity index (χ4n) is 3.95. The summed E-state index contributed by atoms with van der Waals surface area (Å²) in [5.41, 5.74) is -0.358. The van der Waals surface area contributed by atoms with Crippen molar-refractivity contribution in [3.8, 4) is 0 Å². The van der Waals surface area contributed by atoms with Gasteiger partial charge in [-0.15, -0.1) is 5.10 Å². The van der Waals surface area contributed by atoms with E-state index in [0.717, 1.165) is 17.7 Å². The van der Waals surface area contributed by atoms with Gasteiger partial charge < -0.3 is 5.11 Å². The Morgan fingerprint density at radius 2 is 1.94 bits per heavy atom. The summed E-state index contributed by atoms with van der Waals surface area (Å²) >= 11 is 0. The monoisotopic (exact) mass is 498 g/mol. The predicted molar refractivity (Wildman–Crippen MR) is 123 cm³/mol. The Hall–Kier alpha value is -4.10. The van der Waals surface area contributed by atoms with Crippen molar-refractivity contribution >= 4 is 5.69 Å². The molecule has 0 saturated heterocycles. The summed E-state index contributed by atoms with van der Waals surface area (Å²) in [6.07, 6.45) is 4.45. The first-order valence-electron chi connectivity index (χ1n) is 11.1. The number of likely N-dealkylation sites (N-methyl/N-ethyl adjacent to an activating group) is 1. The van der Waals surface area contributed by atoms with Gasteiger partial charge in [0.05, 0.1) is 29.9 Å². The van der Waals surface area contributed by atoms with E-state index in [0.29, 0.717) is 25.3 Å². The van der Waals surface area contributed by atoms with Crippen LogP contribution in [0.3, 0.4) is 0 Å². The Morgan fingerprint density at radius 1 is 1.17 bits per heavy atom. The van der Waals surface area contributed by atoms with Gasteiger partial charge in [-0.1, -0.05) is 30.3 Å².